The molecule has 6 nitrogen and oxygen atoms in total. The zero-order chi connectivity index (χ0) is 16.2. The molecule has 2 aliphatic rings. The molecule has 2 unspecified atom stereocenters. The van der Waals surface area contributed by atoms with Crippen LogP contribution in [-0.4, -0.2) is 64.9 Å². The van der Waals surface area contributed by atoms with E-state index in [-0.39, 0.29) is 0 Å². The van der Waals surface area contributed by atoms with Gasteiger partial charge in [0.15, 0.2) is 0 Å². The highest BCUT2D eigenvalue weighted by molar-refractivity contribution is 4.82. The van der Waals surface area contributed by atoms with Crippen molar-refractivity contribution in [1.29, 1.82) is 0 Å². The maximum absolute atomic E-state index is 5.81. The Morgan fingerprint density at radius 2 is 1.74 bits per heavy atom. The first-order valence-corrected chi connectivity index (χ1v) is 8.97. The highest BCUT2D eigenvalue weighted by atomic mass is 16.5. The fourth-order valence-corrected chi connectivity index (χ4v) is 3.86. The summed E-state index contributed by atoms with van der Waals surface area (Å²) < 4.78 is 11.3. The third kappa shape index (κ3) is 4.99. The van der Waals surface area contributed by atoms with Gasteiger partial charge in [-0.05, 0) is 58.7 Å². The Morgan fingerprint density at radius 1 is 1.04 bits per heavy atom. The quantitative estimate of drug-likeness (QED) is 0.827. The van der Waals surface area contributed by atoms with Crippen LogP contribution in [0.15, 0.2) is 4.42 Å². The molecule has 3 heterocycles. The summed E-state index contributed by atoms with van der Waals surface area (Å²) in [7, 11) is 0. The molecule has 2 atom stereocenters. The Kier molecular flexibility index (Phi) is 5.67. The molecule has 6 heteroatoms. The van der Waals surface area contributed by atoms with E-state index in [1.165, 1.54) is 25.8 Å². The molecule has 0 aromatic carbocycles. The van der Waals surface area contributed by atoms with E-state index in [0.717, 1.165) is 44.5 Å². The molecular formula is C17H30N4O2. The predicted octanol–water partition coefficient (Wildman–Crippen LogP) is 2.09. The maximum Gasteiger partial charge on any atom is 0.230 e. The van der Waals surface area contributed by atoms with E-state index in [1.54, 1.807) is 0 Å². The summed E-state index contributed by atoms with van der Waals surface area (Å²) in [5, 5.41) is 8.00. The number of aromatic nitrogens is 2. The van der Waals surface area contributed by atoms with Crippen LogP contribution >= 0.6 is 0 Å². The number of likely N-dealkylation sites (tertiary alicyclic amines) is 1. The standard InChI is InChI=1S/C17H30N4O2/c1-13-10-21(11-14(2)22-13)9-6-16-4-7-20(8-5-16)12-17-19-18-15(3)23-17/h13-14,16H,4-12H2,1-3H3. The van der Waals surface area contributed by atoms with Gasteiger partial charge < -0.3 is 9.15 Å². The van der Waals surface area contributed by atoms with E-state index in [0.29, 0.717) is 18.1 Å². The first kappa shape index (κ1) is 16.9. The lowest BCUT2D eigenvalue weighted by atomic mass is 9.93. The van der Waals surface area contributed by atoms with E-state index in [1.807, 2.05) is 6.92 Å². The molecule has 0 aliphatic carbocycles. The van der Waals surface area contributed by atoms with Gasteiger partial charge in [0.1, 0.15) is 0 Å². The monoisotopic (exact) mass is 322 g/mol. The van der Waals surface area contributed by atoms with Crippen LogP contribution < -0.4 is 0 Å². The normalized spacial score (nSPS) is 28.3. The van der Waals surface area contributed by atoms with Crippen molar-refractivity contribution in [3.63, 3.8) is 0 Å². The lowest BCUT2D eigenvalue weighted by Crippen LogP contribution is -2.46. The van der Waals surface area contributed by atoms with Gasteiger partial charge in [0.25, 0.3) is 0 Å². The minimum Gasteiger partial charge on any atom is -0.424 e. The van der Waals surface area contributed by atoms with Crippen LogP contribution in [0.25, 0.3) is 0 Å². The largest absolute Gasteiger partial charge is 0.424 e. The molecule has 0 saturated carbocycles. The minimum atomic E-state index is 0.374. The molecule has 23 heavy (non-hydrogen) atoms. The molecule has 1 aromatic heterocycles. The fourth-order valence-electron chi connectivity index (χ4n) is 3.86. The van der Waals surface area contributed by atoms with Crippen molar-refractivity contribution < 1.29 is 9.15 Å². The lowest BCUT2D eigenvalue weighted by Gasteiger charge is -2.37. The van der Waals surface area contributed by atoms with Crippen molar-refractivity contribution in [3.05, 3.63) is 11.8 Å². The third-order valence-electron chi connectivity index (χ3n) is 4.98. The number of piperidine rings is 1. The summed E-state index contributed by atoms with van der Waals surface area (Å²) in [4.78, 5) is 5.01. The number of nitrogens with zero attached hydrogens (tertiary/aromatic N) is 4. The van der Waals surface area contributed by atoms with Gasteiger partial charge in [-0.15, -0.1) is 10.2 Å². The second kappa shape index (κ2) is 7.73. The Balaban J connectivity index is 1.36. The summed E-state index contributed by atoms with van der Waals surface area (Å²) in [5.74, 6) is 2.25. The first-order chi connectivity index (χ1) is 11.1. The van der Waals surface area contributed by atoms with Crippen molar-refractivity contribution in [2.24, 2.45) is 5.92 Å². The van der Waals surface area contributed by atoms with E-state index >= 15 is 0 Å². The van der Waals surface area contributed by atoms with Crippen molar-refractivity contribution in [3.8, 4) is 0 Å². The van der Waals surface area contributed by atoms with Crippen LogP contribution in [-0.2, 0) is 11.3 Å². The minimum absolute atomic E-state index is 0.374. The molecule has 1 aromatic rings. The van der Waals surface area contributed by atoms with Gasteiger partial charge in [-0.2, -0.15) is 0 Å². The van der Waals surface area contributed by atoms with E-state index < -0.39 is 0 Å². The molecule has 0 amide bonds. The number of rotatable bonds is 5. The number of aryl methyl sites for hydroxylation is 1. The van der Waals surface area contributed by atoms with Gasteiger partial charge in [-0.25, -0.2) is 0 Å². The van der Waals surface area contributed by atoms with E-state index in [4.69, 9.17) is 9.15 Å². The Hall–Kier alpha value is -0.980. The van der Waals surface area contributed by atoms with Gasteiger partial charge in [0.2, 0.25) is 11.8 Å². The van der Waals surface area contributed by atoms with E-state index in [9.17, 15) is 0 Å². The van der Waals surface area contributed by atoms with Gasteiger partial charge in [-0.1, -0.05) is 0 Å². The average molecular weight is 322 g/mol. The average Bonchev–Trinajstić information content (AvgIpc) is 2.91. The van der Waals surface area contributed by atoms with Gasteiger partial charge in [-0.3, -0.25) is 9.80 Å². The third-order valence-corrected chi connectivity index (χ3v) is 4.98. The molecular weight excluding hydrogens is 292 g/mol. The summed E-state index contributed by atoms with van der Waals surface area (Å²) in [6.07, 6.45) is 4.62. The van der Waals surface area contributed by atoms with Crippen LogP contribution in [0.3, 0.4) is 0 Å². The fraction of sp³-hybridized carbons (Fsp3) is 0.882. The molecule has 2 fully saturated rings. The van der Waals surface area contributed by atoms with Crippen molar-refractivity contribution >= 4 is 0 Å². The second-order valence-electron chi connectivity index (χ2n) is 7.24. The van der Waals surface area contributed by atoms with Gasteiger partial charge >= 0.3 is 0 Å². The van der Waals surface area contributed by atoms with Crippen molar-refractivity contribution in [2.45, 2.75) is 58.8 Å². The smallest absolute Gasteiger partial charge is 0.230 e. The first-order valence-electron chi connectivity index (χ1n) is 8.97. The van der Waals surface area contributed by atoms with Gasteiger partial charge in [0.05, 0.1) is 18.8 Å². The molecule has 2 saturated heterocycles. The van der Waals surface area contributed by atoms with Crippen LogP contribution in [0, 0.1) is 12.8 Å². The van der Waals surface area contributed by atoms with Crippen molar-refractivity contribution in [2.75, 3.05) is 32.7 Å². The topological polar surface area (TPSA) is 54.6 Å². The molecule has 2 aliphatic heterocycles. The SMILES string of the molecule is Cc1nnc(CN2CCC(CCN3CC(C)OC(C)C3)CC2)o1. The molecule has 3 rings (SSSR count). The Bertz CT molecular complexity index is 475. The highest BCUT2D eigenvalue weighted by Gasteiger charge is 2.24. The van der Waals surface area contributed by atoms with Crippen LogP contribution in [0.2, 0.25) is 0 Å². The number of hydrogen-bond acceptors (Lipinski definition) is 6. The Morgan fingerprint density at radius 3 is 2.35 bits per heavy atom. The summed E-state index contributed by atoms with van der Waals surface area (Å²) >= 11 is 0. The molecule has 130 valence electrons. The summed E-state index contributed by atoms with van der Waals surface area (Å²) in [5.41, 5.74) is 0. The van der Waals surface area contributed by atoms with E-state index in [2.05, 4.69) is 33.8 Å². The summed E-state index contributed by atoms with van der Waals surface area (Å²) in [6, 6.07) is 0. The van der Waals surface area contributed by atoms with Crippen molar-refractivity contribution in [1.82, 2.24) is 20.0 Å². The summed E-state index contributed by atoms with van der Waals surface area (Å²) in [6.45, 7) is 12.7. The number of ether oxygens (including phenoxy) is 1. The lowest BCUT2D eigenvalue weighted by molar-refractivity contribution is -0.0693. The predicted molar refractivity (Wildman–Crippen MR) is 88.1 cm³/mol. The van der Waals surface area contributed by atoms with Crippen LogP contribution in [0.5, 0.6) is 0 Å². The molecule has 0 spiro atoms. The van der Waals surface area contributed by atoms with Gasteiger partial charge in [0, 0.05) is 20.0 Å². The highest BCUT2D eigenvalue weighted by Crippen LogP contribution is 2.23. The van der Waals surface area contributed by atoms with Crippen LogP contribution in [0.4, 0.5) is 0 Å². The second-order valence-corrected chi connectivity index (χ2v) is 7.24. The molecule has 0 N–H and O–H groups in total. The maximum atomic E-state index is 5.81. The molecule has 0 bridgehead atoms. The Labute approximate surface area is 139 Å². The van der Waals surface area contributed by atoms with Crippen LogP contribution in [0.1, 0.15) is 44.9 Å². The number of morpholine rings is 1. The number of hydrogen-bond donors (Lipinski definition) is 0. The zero-order valence-corrected chi connectivity index (χ0v) is 14.7. The zero-order valence-electron chi connectivity index (χ0n) is 14.7. The molecule has 0 radical (unpaired) electrons.